The molecule has 0 aliphatic carbocycles. The third-order valence-corrected chi connectivity index (χ3v) is 11.3. The molecule has 0 unspecified atom stereocenters. The second-order valence-corrected chi connectivity index (χ2v) is 16.8. The van der Waals surface area contributed by atoms with Crippen molar-refractivity contribution in [3.05, 3.63) is 203 Å². The van der Waals surface area contributed by atoms with E-state index in [1.807, 2.05) is 116 Å². The van der Waals surface area contributed by atoms with E-state index in [0.717, 1.165) is 50.2 Å². The first kappa shape index (κ1) is 31.2. The van der Waals surface area contributed by atoms with Gasteiger partial charge >= 0.3 is 0 Å². The van der Waals surface area contributed by atoms with Gasteiger partial charge in [0.05, 0.1) is 17.1 Å². The van der Waals surface area contributed by atoms with Crippen LogP contribution in [0.1, 0.15) is 76.4 Å². The molecule has 0 spiro atoms. The number of aryl methyl sites for hydroxylation is 3. The van der Waals surface area contributed by atoms with Crippen LogP contribution < -0.4 is 0 Å². The van der Waals surface area contributed by atoms with Gasteiger partial charge in [-0.1, -0.05) is 137 Å². The highest BCUT2D eigenvalue weighted by atomic mass is 16.3. The molecule has 0 saturated carbocycles. The number of hydrogen-bond acceptors (Lipinski definition) is 5. The predicted molar refractivity (Wildman–Crippen MR) is 246 cm³/mol. The number of hydrogen-bond donors (Lipinski definition) is 0. The molecule has 9 rings (SSSR count). The maximum absolute atomic E-state index is 9.63. The summed E-state index contributed by atoms with van der Waals surface area (Å²) in [6, 6.07) is 46.0. The monoisotopic (exact) mass is 789 g/mol. The van der Waals surface area contributed by atoms with E-state index in [-0.39, 0.29) is 22.5 Å². The summed E-state index contributed by atoms with van der Waals surface area (Å²) >= 11 is 0. The molecular formula is C55H50N4O. The van der Waals surface area contributed by atoms with E-state index in [2.05, 4.69) is 55.9 Å². The van der Waals surface area contributed by atoms with Crippen molar-refractivity contribution in [1.82, 2.24) is 19.9 Å². The number of furan rings is 1. The van der Waals surface area contributed by atoms with Crippen LogP contribution in [-0.4, -0.2) is 19.9 Å². The minimum atomic E-state index is -2.52. The zero-order valence-electron chi connectivity index (χ0n) is 41.2. The molecule has 0 aliphatic heterocycles. The number of nitrogens with zero attached hydrogens (tertiary/aromatic N) is 4. The number of benzene rings is 4. The van der Waals surface area contributed by atoms with Crippen LogP contribution in [-0.2, 0) is 36.4 Å². The van der Waals surface area contributed by atoms with Crippen molar-refractivity contribution in [1.29, 1.82) is 0 Å². The number of para-hydroxylation sites is 1. The number of rotatable bonds is 12. The maximum Gasteiger partial charge on any atom is 0.227 e. The van der Waals surface area contributed by atoms with Crippen LogP contribution in [0.2, 0.25) is 0 Å². The molecule has 0 saturated heterocycles. The smallest absolute Gasteiger partial charge is 0.227 e. The summed E-state index contributed by atoms with van der Waals surface area (Å²) in [4.78, 5) is 18.6. The Balaban J connectivity index is 1.05. The second-order valence-electron chi connectivity index (χ2n) is 16.8. The van der Waals surface area contributed by atoms with Gasteiger partial charge < -0.3 is 4.42 Å². The van der Waals surface area contributed by atoms with Gasteiger partial charge in [0.15, 0.2) is 0 Å². The number of fused-ring (bicyclic) bond motifs is 3. The third-order valence-electron chi connectivity index (χ3n) is 11.3. The predicted octanol–water partition coefficient (Wildman–Crippen LogP) is 13.3. The van der Waals surface area contributed by atoms with Gasteiger partial charge in [-0.2, -0.15) is 0 Å². The van der Waals surface area contributed by atoms with Crippen LogP contribution in [0, 0.1) is 6.85 Å². The molecule has 0 bridgehead atoms. The van der Waals surface area contributed by atoms with Gasteiger partial charge in [-0.05, 0) is 113 Å². The second kappa shape index (κ2) is 16.1. The molecule has 296 valence electrons. The lowest BCUT2D eigenvalue weighted by atomic mass is 9.77. The Bertz CT molecular complexity index is 3090. The molecule has 0 amide bonds. The molecule has 60 heavy (non-hydrogen) atoms. The van der Waals surface area contributed by atoms with Gasteiger partial charge in [-0.15, -0.1) is 0 Å². The maximum atomic E-state index is 9.63. The summed E-state index contributed by atoms with van der Waals surface area (Å²) in [5, 5.41) is 1.40. The number of pyridine rings is 4. The van der Waals surface area contributed by atoms with Crippen LogP contribution in [0.3, 0.4) is 0 Å². The molecule has 0 fully saturated rings. The zero-order chi connectivity index (χ0) is 47.4. The minimum absolute atomic E-state index is 0.0677. The summed E-state index contributed by atoms with van der Waals surface area (Å²) in [6.07, 6.45) is 1.28. The lowest BCUT2D eigenvalue weighted by Gasteiger charge is -2.28. The SMILES string of the molecule is [2H]C([2H])([2H])c1ccc2c(n1)oc1c(-c3ccc(C([2H])([2H])C([2H])([2H])c4cc(CC(C)(C)c5ccc(-c6ccccc6)nc5)cc(CC(C)(C)c5ccc(-c6ccccc6)nc5)c4)cn3)cccc12. The molecule has 5 aromatic heterocycles. The van der Waals surface area contributed by atoms with Crippen LogP contribution in [0.25, 0.3) is 55.8 Å². The van der Waals surface area contributed by atoms with E-state index >= 15 is 0 Å². The van der Waals surface area contributed by atoms with Crippen molar-refractivity contribution in [2.24, 2.45) is 0 Å². The molecule has 0 N–H and O–H groups in total. The van der Waals surface area contributed by atoms with Gasteiger partial charge in [-0.3, -0.25) is 15.0 Å². The molecule has 5 nitrogen and oxygen atoms in total. The first-order chi connectivity index (χ1) is 31.8. The van der Waals surface area contributed by atoms with E-state index < -0.39 is 30.4 Å². The summed E-state index contributed by atoms with van der Waals surface area (Å²) < 4.78 is 67.7. The van der Waals surface area contributed by atoms with E-state index in [9.17, 15) is 5.48 Å². The Hall–Kier alpha value is -6.72. The molecule has 9 aromatic rings. The summed E-state index contributed by atoms with van der Waals surface area (Å²) in [5.41, 5.74) is 8.81. The van der Waals surface area contributed by atoms with Crippen LogP contribution in [0.5, 0.6) is 0 Å². The average molecular weight is 790 g/mol. The molecule has 5 heteroatoms. The van der Waals surface area contributed by atoms with Gasteiger partial charge in [0.2, 0.25) is 5.71 Å². The van der Waals surface area contributed by atoms with Crippen molar-refractivity contribution in [2.45, 2.75) is 71.0 Å². The Kier molecular flexibility index (Phi) is 8.40. The van der Waals surface area contributed by atoms with E-state index in [4.69, 9.17) is 18.5 Å². The fraction of sp³-hybridized carbons (Fsp3) is 0.200. The average Bonchev–Trinajstić information content (AvgIpc) is 3.70. The Morgan fingerprint density at radius 2 is 1.08 bits per heavy atom. The van der Waals surface area contributed by atoms with Crippen molar-refractivity contribution in [3.63, 3.8) is 0 Å². The fourth-order valence-corrected chi connectivity index (χ4v) is 8.06. The summed E-state index contributed by atoms with van der Waals surface area (Å²) in [6.45, 7) is 6.22. The van der Waals surface area contributed by atoms with Gasteiger partial charge in [0.1, 0.15) is 5.58 Å². The topological polar surface area (TPSA) is 64.7 Å². The van der Waals surface area contributed by atoms with Crippen LogP contribution in [0.4, 0.5) is 0 Å². The lowest BCUT2D eigenvalue weighted by Crippen LogP contribution is -2.23. The molecule has 0 radical (unpaired) electrons. The first-order valence-corrected chi connectivity index (χ1v) is 20.3. The normalized spacial score (nSPS) is 14.4. The highest BCUT2D eigenvalue weighted by Gasteiger charge is 2.25. The molecule has 0 aliphatic rings. The van der Waals surface area contributed by atoms with E-state index in [0.29, 0.717) is 35.1 Å². The van der Waals surface area contributed by atoms with Gasteiger partial charge in [0, 0.05) is 61.3 Å². The number of aromatic nitrogens is 4. The van der Waals surface area contributed by atoms with Crippen LogP contribution in [0.15, 0.2) is 169 Å². The third kappa shape index (κ3) is 8.26. The zero-order valence-corrected chi connectivity index (χ0v) is 34.2. The highest BCUT2D eigenvalue weighted by molar-refractivity contribution is 6.08. The minimum Gasteiger partial charge on any atom is -0.437 e. The fourth-order valence-electron chi connectivity index (χ4n) is 8.06. The summed E-state index contributed by atoms with van der Waals surface area (Å²) in [7, 11) is 0. The van der Waals surface area contributed by atoms with Crippen molar-refractivity contribution >= 4 is 22.1 Å². The molecule has 4 aromatic carbocycles. The Morgan fingerprint density at radius 3 is 1.63 bits per heavy atom. The first-order valence-electron chi connectivity index (χ1n) is 23.8. The van der Waals surface area contributed by atoms with Crippen molar-refractivity contribution in [2.75, 3.05) is 0 Å². The van der Waals surface area contributed by atoms with Crippen molar-refractivity contribution in [3.8, 4) is 33.8 Å². The van der Waals surface area contributed by atoms with Gasteiger partial charge in [0.25, 0.3) is 0 Å². The quantitative estimate of drug-likeness (QED) is 0.123. The van der Waals surface area contributed by atoms with Gasteiger partial charge in [-0.25, -0.2) is 4.98 Å². The Morgan fingerprint density at radius 1 is 0.517 bits per heavy atom. The lowest BCUT2D eigenvalue weighted by molar-refractivity contribution is 0.512. The van der Waals surface area contributed by atoms with Crippen molar-refractivity contribution < 1.29 is 14.0 Å². The van der Waals surface area contributed by atoms with E-state index in [1.165, 1.54) is 12.3 Å². The van der Waals surface area contributed by atoms with Crippen LogP contribution >= 0.6 is 0 Å². The summed E-state index contributed by atoms with van der Waals surface area (Å²) in [5.74, 6) is 0. The Labute approximate surface area is 363 Å². The standard InChI is InChI=1S/C55H50N4O/c1-37-19-25-47-46-17-12-18-48(52(46)60-53(47)59-37)51-26-22-38(34-56-51)20-21-39-29-40(32-54(2,3)44-23-27-49(57-35-44)42-13-8-6-9-14-42)31-41(30-39)33-55(4,5)45-24-28-50(58-36-45)43-15-10-7-11-16-43/h6-19,22-31,34-36H,20-21,32-33H2,1-5H3/i1D3,20D2,21D2. The molecule has 5 heterocycles. The largest absolute Gasteiger partial charge is 0.437 e. The molecule has 0 atom stereocenters. The molecular weight excluding hydrogens is 733 g/mol. The van der Waals surface area contributed by atoms with E-state index in [1.54, 1.807) is 18.2 Å². The highest BCUT2D eigenvalue weighted by Crippen LogP contribution is 2.36.